The Kier molecular flexibility index (Phi) is 4.05. The van der Waals surface area contributed by atoms with Crippen LogP contribution in [0.1, 0.15) is 50.8 Å². The van der Waals surface area contributed by atoms with Crippen molar-refractivity contribution >= 4 is 23.1 Å². The highest BCUT2D eigenvalue weighted by molar-refractivity contribution is 6.32. The minimum Gasteiger partial charge on any atom is -0.393 e. The summed E-state index contributed by atoms with van der Waals surface area (Å²) < 4.78 is 0. The molecule has 0 unspecified atom stereocenters. The molecule has 4 nitrogen and oxygen atoms in total. The fourth-order valence-corrected chi connectivity index (χ4v) is 1.88. The van der Waals surface area contributed by atoms with Crippen molar-refractivity contribution in [1.29, 1.82) is 0 Å². The molecule has 0 spiro atoms. The Bertz CT molecular complexity index is 390. The molecule has 2 rings (SSSR count). The van der Waals surface area contributed by atoms with Gasteiger partial charge in [0.05, 0.1) is 0 Å². The molecule has 1 aromatic heterocycles. The van der Waals surface area contributed by atoms with Gasteiger partial charge in [0.1, 0.15) is 11.5 Å². The summed E-state index contributed by atoms with van der Waals surface area (Å²) in [6, 6.07) is 0. The topological polar surface area (TPSA) is 63.8 Å². The lowest BCUT2D eigenvalue weighted by atomic mass is 10.2. The lowest BCUT2D eigenvalue weighted by molar-refractivity contribution is 0.741. The van der Waals surface area contributed by atoms with Gasteiger partial charge >= 0.3 is 0 Å². The zero-order valence-corrected chi connectivity index (χ0v) is 10.9. The third-order valence-electron chi connectivity index (χ3n) is 2.93. The molecule has 1 aliphatic carbocycles. The molecule has 1 saturated carbocycles. The van der Waals surface area contributed by atoms with Gasteiger partial charge in [-0.15, -0.1) is 0 Å². The monoisotopic (exact) mass is 254 g/mol. The molecular formula is C12H19ClN4. The highest BCUT2D eigenvalue weighted by Crippen LogP contribution is 2.40. The molecule has 0 amide bonds. The average molecular weight is 255 g/mol. The summed E-state index contributed by atoms with van der Waals surface area (Å²) in [5, 5.41) is 3.63. The maximum Gasteiger partial charge on any atom is 0.157 e. The molecular weight excluding hydrogens is 236 g/mol. The van der Waals surface area contributed by atoms with Crippen LogP contribution in [0.5, 0.6) is 0 Å². The zero-order chi connectivity index (χ0) is 12.3. The quantitative estimate of drug-likeness (QED) is 0.605. The average Bonchev–Trinajstić information content (AvgIpc) is 3.13. The Balaban J connectivity index is 2.03. The number of nitrogens with zero attached hydrogens (tertiary/aromatic N) is 2. The molecule has 0 bridgehead atoms. The zero-order valence-electron chi connectivity index (χ0n) is 10.2. The molecule has 0 saturated heterocycles. The van der Waals surface area contributed by atoms with Crippen LogP contribution in [0.2, 0.25) is 5.15 Å². The van der Waals surface area contributed by atoms with Gasteiger partial charge < -0.3 is 11.1 Å². The Morgan fingerprint density at radius 3 is 2.76 bits per heavy atom. The number of hydrogen-bond donors (Lipinski definition) is 2. The van der Waals surface area contributed by atoms with Gasteiger partial charge in [-0.25, -0.2) is 9.97 Å². The van der Waals surface area contributed by atoms with Gasteiger partial charge in [0.15, 0.2) is 11.0 Å². The second-order valence-electron chi connectivity index (χ2n) is 4.54. The molecule has 1 fully saturated rings. The fraction of sp³-hybridized carbons (Fsp3) is 0.667. The van der Waals surface area contributed by atoms with Gasteiger partial charge in [-0.1, -0.05) is 31.4 Å². The summed E-state index contributed by atoms with van der Waals surface area (Å²) in [6.45, 7) is 3.07. The number of hydrogen-bond acceptors (Lipinski definition) is 4. The summed E-state index contributed by atoms with van der Waals surface area (Å²) in [6.07, 6.45) is 5.86. The normalized spacial score (nSPS) is 14.9. The van der Waals surface area contributed by atoms with Crippen molar-refractivity contribution in [2.75, 3.05) is 17.6 Å². The molecule has 0 radical (unpaired) electrons. The highest BCUT2D eigenvalue weighted by Gasteiger charge is 2.28. The standard InChI is InChI=1S/C12H19ClN4/c1-2-3-4-7-15-12-9(14)10(13)16-11(17-12)8-5-6-8/h8H,2-7,14H2,1H3,(H,15,16,17). The highest BCUT2D eigenvalue weighted by atomic mass is 35.5. The van der Waals surface area contributed by atoms with Gasteiger partial charge in [0.25, 0.3) is 0 Å². The lowest BCUT2D eigenvalue weighted by Crippen LogP contribution is -2.09. The summed E-state index contributed by atoms with van der Waals surface area (Å²) >= 11 is 6.01. The Labute approximate surface area is 107 Å². The van der Waals surface area contributed by atoms with E-state index in [1.165, 1.54) is 12.8 Å². The van der Waals surface area contributed by atoms with E-state index in [2.05, 4.69) is 22.2 Å². The Morgan fingerprint density at radius 1 is 1.35 bits per heavy atom. The van der Waals surface area contributed by atoms with Crippen molar-refractivity contribution in [2.45, 2.75) is 44.9 Å². The van der Waals surface area contributed by atoms with Crippen molar-refractivity contribution in [3.63, 3.8) is 0 Å². The van der Waals surface area contributed by atoms with E-state index in [1.54, 1.807) is 0 Å². The largest absolute Gasteiger partial charge is 0.393 e. The maximum atomic E-state index is 6.01. The SMILES string of the molecule is CCCCCNc1nc(C2CC2)nc(Cl)c1N. The third kappa shape index (κ3) is 3.22. The summed E-state index contributed by atoms with van der Waals surface area (Å²) in [5.74, 6) is 2.02. The second kappa shape index (κ2) is 5.54. The first kappa shape index (κ1) is 12.4. The smallest absolute Gasteiger partial charge is 0.157 e. The van der Waals surface area contributed by atoms with E-state index in [4.69, 9.17) is 17.3 Å². The number of unbranched alkanes of at least 4 members (excludes halogenated alkanes) is 2. The van der Waals surface area contributed by atoms with Crippen molar-refractivity contribution in [2.24, 2.45) is 0 Å². The summed E-state index contributed by atoms with van der Waals surface area (Å²) in [5.41, 5.74) is 6.33. The van der Waals surface area contributed by atoms with Gasteiger partial charge in [-0.05, 0) is 19.3 Å². The van der Waals surface area contributed by atoms with Crippen LogP contribution < -0.4 is 11.1 Å². The van der Waals surface area contributed by atoms with Crippen LogP contribution in [-0.4, -0.2) is 16.5 Å². The summed E-state index contributed by atoms with van der Waals surface area (Å²) in [4.78, 5) is 8.69. The Hall–Kier alpha value is -1.03. The minimum atomic E-state index is 0.375. The molecule has 94 valence electrons. The van der Waals surface area contributed by atoms with Crippen LogP contribution >= 0.6 is 11.6 Å². The van der Waals surface area contributed by atoms with E-state index in [0.717, 1.165) is 31.6 Å². The van der Waals surface area contributed by atoms with E-state index in [1.807, 2.05) is 0 Å². The van der Waals surface area contributed by atoms with Crippen LogP contribution in [0, 0.1) is 0 Å². The maximum absolute atomic E-state index is 6.01. The van der Waals surface area contributed by atoms with Crippen LogP contribution in [0.4, 0.5) is 11.5 Å². The van der Waals surface area contributed by atoms with E-state index in [-0.39, 0.29) is 0 Å². The van der Waals surface area contributed by atoms with Gasteiger partial charge in [0, 0.05) is 12.5 Å². The third-order valence-corrected chi connectivity index (χ3v) is 3.22. The number of nitrogens with one attached hydrogen (secondary N) is 1. The first-order valence-corrected chi connectivity index (χ1v) is 6.67. The fourth-order valence-electron chi connectivity index (χ4n) is 1.70. The van der Waals surface area contributed by atoms with E-state index >= 15 is 0 Å². The van der Waals surface area contributed by atoms with E-state index in [0.29, 0.717) is 22.6 Å². The first-order chi connectivity index (χ1) is 8.22. The van der Waals surface area contributed by atoms with Crippen LogP contribution in [-0.2, 0) is 0 Å². The predicted octanol–water partition coefficient (Wildman–Crippen LogP) is 3.19. The molecule has 5 heteroatoms. The molecule has 0 aromatic carbocycles. The summed E-state index contributed by atoms with van der Waals surface area (Å²) in [7, 11) is 0. The number of halogens is 1. The Morgan fingerprint density at radius 2 is 2.12 bits per heavy atom. The van der Waals surface area contributed by atoms with Crippen molar-refractivity contribution in [1.82, 2.24) is 9.97 Å². The predicted molar refractivity (Wildman–Crippen MR) is 71.4 cm³/mol. The lowest BCUT2D eigenvalue weighted by Gasteiger charge is -2.10. The second-order valence-corrected chi connectivity index (χ2v) is 4.90. The van der Waals surface area contributed by atoms with Crippen LogP contribution in [0.15, 0.2) is 0 Å². The van der Waals surface area contributed by atoms with Gasteiger partial charge in [-0.2, -0.15) is 0 Å². The van der Waals surface area contributed by atoms with Crippen molar-refractivity contribution < 1.29 is 0 Å². The van der Waals surface area contributed by atoms with Crippen LogP contribution in [0.3, 0.4) is 0 Å². The number of anilines is 2. The number of nitrogens with two attached hydrogens (primary N) is 1. The molecule has 0 aliphatic heterocycles. The van der Waals surface area contributed by atoms with Crippen molar-refractivity contribution in [3.05, 3.63) is 11.0 Å². The minimum absolute atomic E-state index is 0.375. The number of nitrogen functional groups attached to an aromatic ring is 1. The van der Waals surface area contributed by atoms with Gasteiger partial charge in [0.2, 0.25) is 0 Å². The van der Waals surface area contributed by atoms with E-state index in [9.17, 15) is 0 Å². The molecule has 1 aromatic rings. The van der Waals surface area contributed by atoms with Crippen LogP contribution in [0.25, 0.3) is 0 Å². The molecule has 1 heterocycles. The van der Waals surface area contributed by atoms with E-state index < -0.39 is 0 Å². The molecule has 3 N–H and O–H groups in total. The van der Waals surface area contributed by atoms with Crippen molar-refractivity contribution in [3.8, 4) is 0 Å². The number of aromatic nitrogens is 2. The molecule has 17 heavy (non-hydrogen) atoms. The molecule has 1 aliphatic rings. The van der Waals surface area contributed by atoms with Gasteiger partial charge in [-0.3, -0.25) is 0 Å². The molecule has 0 atom stereocenters. The first-order valence-electron chi connectivity index (χ1n) is 6.29. The number of rotatable bonds is 6.